The Labute approximate surface area is 141 Å². The van der Waals surface area contributed by atoms with E-state index >= 15 is 0 Å². The number of alkyl halides is 3. The van der Waals surface area contributed by atoms with Gasteiger partial charge in [-0.1, -0.05) is 0 Å². The number of hydrogen-bond donors (Lipinski definition) is 0. The third-order valence-electron chi connectivity index (χ3n) is 4.24. The standard InChI is InChI=1S/C15H18F3N5O2/c1-4-25-12(24)14(3)5-6-22(8-14)10-7-9(2)19-13-20-11(15(16,17)18)21-23(10)13/h7H,4-6,8H2,1-3H3. The normalized spacial score (nSPS) is 21.1. The maximum atomic E-state index is 12.9. The Bertz CT molecular complexity index is 819. The zero-order valence-corrected chi connectivity index (χ0v) is 14.1. The fourth-order valence-electron chi connectivity index (χ4n) is 2.94. The molecule has 0 amide bonds. The molecule has 0 aromatic carbocycles. The number of halogens is 3. The van der Waals surface area contributed by atoms with Crippen LogP contribution in [0.1, 0.15) is 31.8 Å². The number of aromatic nitrogens is 4. The van der Waals surface area contributed by atoms with Crippen LogP contribution in [0, 0.1) is 12.3 Å². The molecule has 7 nitrogen and oxygen atoms in total. The predicted molar refractivity (Wildman–Crippen MR) is 82.1 cm³/mol. The van der Waals surface area contributed by atoms with Gasteiger partial charge in [-0.3, -0.25) is 4.79 Å². The molecule has 3 rings (SSSR count). The number of fused-ring (bicyclic) bond motifs is 1. The molecule has 2 aromatic rings. The van der Waals surface area contributed by atoms with Crippen molar-refractivity contribution in [3.63, 3.8) is 0 Å². The van der Waals surface area contributed by atoms with E-state index in [0.29, 0.717) is 31.0 Å². The fraction of sp³-hybridized carbons (Fsp3) is 0.600. The molecule has 0 aliphatic carbocycles. The summed E-state index contributed by atoms with van der Waals surface area (Å²) >= 11 is 0. The van der Waals surface area contributed by atoms with Crippen LogP contribution in [0.15, 0.2) is 6.07 Å². The number of nitrogens with zero attached hydrogens (tertiary/aromatic N) is 5. The molecule has 1 aliphatic rings. The Morgan fingerprint density at radius 2 is 2.12 bits per heavy atom. The highest BCUT2D eigenvalue weighted by Gasteiger charge is 2.43. The lowest BCUT2D eigenvalue weighted by Gasteiger charge is -2.23. The Balaban J connectivity index is 1.99. The highest BCUT2D eigenvalue weighted by atomic mass is 19.4. The van der Waals surface area contributed by atoms with E-state index in [2.05, 4.69) is 15.1 Å². The molecule has 136 valence electrons. The Kier molecular flexibility index (Phi) is 4.08. The molecule has 10 heteroatoms. The van der Waals surface area contributed by atoms with Crippen LogP contribution < -0.4 is 4.90 Å². The second-order valence-corrected chi connectivity index (χ2v) is 6.35. The smallest absolute Gasteiger partial charge is 0.453 e. The minimum absolute atomic E-state index is 0.118. The number of carbonyl (C=O) groups is 1. The SMILES string of the molecule is CCOC(=O)C1(C)CCN(c2cc(C)nc3nc(C(F)(F)F)nn23)C1. The number of hydrogen-bond acceptors (Lipinski definition) is 6. The van der Waals surface area contributed by atoms with Gasteiger partial charge in [0, 0.05) is 24.8 Å². The van der Waals surface area contributed by atoms with Gasteiger partial charge in [-0.15, -0.1) is 5.10 Å². The Hall–Kier alpha value is -2.39. The van der Waals surface area contributed by atoms with Crippen molar-refractivity contribution in [2.75, 3.05) is 24.6 Å². The van der Waals surface area contributed by atoms with E-state index < -0.39 is 17.4 Å². The molecule has 1 saturated heterocycles. The third kappa shape index (κ3) is 3.12. The first-order valence-electron chi connectivity index (χ1n) is 7.88. The second-order valence-electron chi connectivity index (χ2n) is 6.35. The van der Waals surface area contributed by atoms with E-state index in [0.717, 1.165) is 4.52 Å². The summed E-state index contributed by atoms with van der Waals surface area (Å²) in [7, 11) is 0. The molecule has 1 aliphatic heterocycles. The van der Waals surface area contributed by atoms with Crippen molar-refractivity contribution in [1.82, 2.24) is 19.6 Å². The average Bonchev–Trinajstić information content (AvgIpc) is 3.11. The van der Waals surface area contributed by atoms with Crippen molar-refractivity contribution >= 4 is 17.6 Å². The van der Waals surface area contributed by atoms with Crippen LogP contribution in [0.2, 0.25) is 0 Å². The zero-order chi connectivity index (χ0) is 18.4. The Morgan fingerprint density at radius 1 is 1.40 bits per heavy atom. The summed E-state index contributed by atoms with van der Waals surface area (Å²) in [6.45, 7) is 6.30. The topological polar surface area (TPSA) is 72.6 Å². The molecule has 25 heavy (non-hydrogen) atoms. The first kappa shape index (κ1) is 17.4. The quantitative estimate of drug-likeness (QED) is 0.785. The van der Waals surface area contributed by atoms with E-state index in [4.69, 9.17) is 4.74 Å². The molecule has 0 bridgehead atoms. The van der Waals surface area contributed by atoms with Gasteiger partial charge in [0.2, 0.25) is 0 Å². The average molecular weight is 357 g/mol. The molecular weight excluding hydrogens is 339 g/mol. The number of ether oxygens (including phenoxy) is 1. The van der Waals surface area contributed by atoms with Gasteiger partial charge in [0.25, 0.3) is 11.6 Å². The number of anilines is 1. The maximum absolute atomic E-state index is 12.9. The van der Waals surface area contributed by atoms with Gasteiger partial charge >= 0.3 is 12.1 Å². The van der Waals surface area contributed by atoms with Gasteiger partial charge < -0.3 is 9.64 Å². The second kappa shape index (κ2) is 5.85. The third-order valence-corrected chi connectivity index (χ3v) is 4.24. The lowest BCUT2D eigenvalue weighted by molar-refractivity contribution is -0.153. The van der Waals surface area contributed by atoms with Crippen molar-refractivity contribution in [2.45, 2.75) is 33.4 Å². The predicted octanol–water partition coefficient (Wildman–Crippen LogP) is 2.23. The van der Waals surface area contributed by atoms with Gasteiger partial charge in [0.15, 0.2) is 0 Å². The van der Waals surface area contributed by atoms with E-state index in [1.165, 1.54) is 0 Å². The summed E-state index contributed by atoms with van der Waals surface area (Å²) in [4.78, 5) is 21.5. The van der Waals surface area contributed by atoms with Crippen molar-refractivity contribution in [3.8, 4) is 0 Å². The van der Waals surface area contributed by atoms with Crippen LogP contribution in [-0.4, -0.2) is 45.2 Å². The molecule has 1 unspecified atom stereocenters. The van der Waals surface area contributed by atoms with Gasteiger partial charge in [0.05, 0.1) is 12.0 Å². The van der Waals surface area contributed by atoms with E-state index in [1.54, 1.807) is 26.8 Å². The summed E-state index contributed by atoms with van der Waals surface area (Å²) in [5.41, 5.74) is -0.194. The largest absolute Gasteiger partial charge is 0.466 e. The maximum Gasteiger partial charge on any atom is 0.453 e. The van der Waals surface area contributed by atoms with Crippen molar-refractivity contribution < 1.29 is 22.7 Å². The highest BCUT2D eigenvalue weighted by Crippen LogP contribution is 2.35. The molecule has 0 radical (unpaired) electrons. The van der Waals surface area contributed by atoms with E-state index in [-0.39, 0.29) is 18.4 Å². The monoisotopic (exact) mass is 357 g/mol. The van der Waals surface area contributed by atoms with Gasteiger partial charge in [-0.25, -0.2) is 4.98 Å². The van der Waals surface area contributed by atoms with Crippen LogP contribution in [-0.2, 0) is 15.7 Å². The van der Waals surface area contributed by atoms with Crippen LogP contribution in [0.25, 0.3) is 5.78 Å². The Morgan fingerprint density at radius 3 is 2.76 bits per heavy atom. The van der Waals surface area contributed by atoms with Crippen molar-refractivity contribution in [2.24, 2.45) is 5.41 Å². The first-order valence-corrected chi connectivity index (χ1v) is 7.88. The molecule has 3 heterocycles. The van der Waals surface area contributed by atoms with Gasteiger partial charge in [0.1, 0.15) is 5.82 Å². The summed E-state index contributed by atoms with van der Waals surface area (Å²) in [6, 6.07) is 1.64. The molecule has 0 saturated carbocycles. The first-order chi connectivity index (χ1) is 11.6. The van der Waals surface area contributed by atoms with E-state index in [1.807, 2.05) is 4.90 Å². The summed E-state index contributed by atoms with van der Waals surface area (Å²) in [5.74, 6) is -1.24. The molecule has 0 N–H and O–H groups in total. The minimum Gasteiger partial charge on any atom is -0.466 e. The number of aryl methyl sites for hydroxylation is 1. The molecule has 1 fully saturated rings. The highest BCUT2D eigenvalue weighted by molar-refractivity contribution is 5.78. The molecule has 2 aromatic heterocycles. The number of esters is 1. The van der Waals surface area contributed by atoms with E-state index in [9.17, 15) is 18.0 Å². The molecule has 0 spiro atoms. The zero-order valence-electron chi connectivity index (χ0n) is 14.1. The molecular formula is C15H18F3N5O2. The van der Waals surface area contributed by atoms with Crippen LogP contribution in [0.4, 0.5) is 19.0 Å². The number of carbonyl (C=O) groups excluding carboxylic acids is 1. The van der Waals surface area contributed by atoms with Crippen molar-refractivity contribution in [3.05, 3.63) is 17.6 Å². The van der Waals surface area contributed by atoms with Crippen LogP contribution >= 0.6 is 0 Å². The van der Waals surface area contributed by atoms with Crippen LogP contribution in [0.5, 0.6) is 0 Å². The lowest BCUT2D eigenvalue weighted by atomic mass is 9.90. The fourth-order valence-corrected chi connectivity index (χ4v) is 2.94. The minimum atomic E-state index is -4.65. The van der Waals surface area contributed by atoms with Crippen LogP contribution in [0.3, 0.4) is 0 Å². The summed E-state index contributed by atoms with van der Waals surface area (Å²) in [5, 5.41) is 3.56. The lowest BCUT2D eigenvalue weighted by Crippen LogP contribution is -2.34. The van der Waals surface area contributed by atoms with Gasteiger partial charge in [-0.2, -0.15) is 22.7 Å². The van der Waals surface area contributed by atoms with Gasteiger partial charge in [-0.05, 0) is 27.2 Å². The molecule has 1 atom stereocenters. The van der Waals surface area contributed by atoms with Crippen molar-refractivity contribution in [1.29, 1.82) is 0 Å². The number of rotatable bonds is 3. The summed E-state index contributed by atoms with van der Waals surface area (Å²) < 4.78 is 44.9. The summed E-state index contributed by atoms with van der Waals surface area (Å²) in [6.07, 6.45) is -4.11.